The van der Waals surface area contributed by atoms with Crippen LogP contribution in [0.1, 0.15) is 22.3 Å². The Hall–Kier alpha value is -3.12. The average Bonchev–Trinajstić information content (AvgIpc) is 2.63. The predicted molar refractivity (Wildman–Crippen MR) is 98.6 cm³/mol. The number of hydrogen-bond acceptors (Lipinski definition) is 2. The summed E-state index contributed by atoms with van der Waals surface area (Å²) in [5, 5.41) is 8.91. The van der Waals surface area contributed by atoms with Crippen molar-refractivity contribution in [2.45, 2.75) is 20.0 Å². The lowest BCUT2D eigenvalue weighted by Gasteiger charge is -2.26. The third-order valence-electron chi connectivity index (χ3n) is 4.13. The molecule has 0 unspecified atom stereocenters. The smallest absolute Gasteiger partial charge is 0.129 e. The second-order valence-corrected chi connectivity index (χ2v) is 6.10. The molecule has 0 aliphatic heterocycles. The summed E-state index contributed by atoms with van der Waals surface area (Å²) in [6.07, 6.45) is 0. The van der Waals surface area contributed by atoms with Crippen LogP contribution < -0.4 is 4.90 Å². The molecule has 0 atom stereocenters. The van der Waals surface area contributed by atoms with E-state index in [1.807, 2.05) is 49.4 Å². The van der Waals surface area contributed by atoms with Crippen LogP contribution in [0, 0.1) is 24.1 Å². The highest BCUT2D eigenvalue weighted by molar-refractivity contribution is 5.50. The van der Waals surface area contributed by atoms with Crippen LogP contribution in [0.3, 0.4) is 0 Å². The molecule has 0 aliphatic rings. The number of halogens is 1. The molecule has 3 heteroatoms. The van der Waals surface area contributed by atoms with Gasteiger partial charge in [-0.05, 0) is 42.3 Å². The summed E-state index contributed by atoms with van der Waals surface area (Å²) in [4.78, 5) is 2.15. The number of rotatable bonds is 5. The third kappa shape index (κ3) is 4.24. The number of nitriles is 1. The van der Waals surface area contributed by atoms with Crippen molar-refractivity contribution in [2.24, 2.45) is 0 Å². The lowest BCUT2D eigenvalue weighted by Crippen LogP contribution is -2.22. The molecule has 0 saturated carbocycles. The minimum absolute atomic E-state index is 0.339. The molecule has 0 fully saturated rings. The first-order chi connectivity index (χ1) is 12.2. The number of nitrogens with zero attached hydrogens (tertiary/aromatic N) is 2. The van der Waals surface area contributed by atoms with Crippen LogP contribution in [-0.2, 0) is 13.1 Å². The van der Waals surface area contributed by atoms with Crippen molar-refractivity contribution in [3.05, 3.63) is 101 Å². The molecule has 3 aromatic carbocycles. The molecule has 0 radical (unpaired) electrons. The van der Waals surface area contributed by atoms with Crippen molar-refractivity contribution in [1.29, 1.82) is 5.26 Å². The molecular formula is C22H19FN2. The third-order valence-corrected chi connectivity index (χ3v) is 4.13. The Balaban J connectivity index is 1.92. The van der Waals surface area contributed by atoms with Crippen molar-refractivity contribution in [1.82, 2.24) is 0 Å². The van der Waals surface area contributed by atoms with Gasteiger partial charge in [0.15, 0.2) is 0 Å². The Morgan fingerprint density at radius 1 is 0.920 bits per heavy atom. The lowest BCUT2D eigenvalue weighted by molar-refractivity contribution is 0.603. The largest absolute Gasteiger partial charge is 0.363 e. The van der Waals surface area contributed by atoms with Crippen LogP contribution in [0.25, 0.3) is 0 Å². The minimum atomic E-state index is -0.343. The summed E-state index contributed by atoms with van der Waals surface area (Å²) in [6.45, 7) is 3.17. The van der Waals surface area contributed by atoms with Crippen molar-refractivity contribution in [3.63, 3.8) is 0 Å². The number of benzene rings is 3. The van der Waals surface area contributed by atoms with Crippen LogP contribution >= 0.6 is 0 Å². The van der Waals surface area contributed by atoms with Crippen LogP contribution in [0.15, 0.2) is 72.8 Å². The Morgan fingerprint density at radius 3 is 2.40 bits per heavy atom. The van der Waals surface area contributed by atoms with E-state index in [9.17, 15) is 4.39 Å². The van der Waals surface area contributed by atoms with Gasteiger partial charge in [0.1, 0.15) is 5.82 Å². The average molecular weight is 330 g/mol. The van der Waals surface area contributed by atoms with E-state index in [2.05, 4.69) is 23.1 Å². The standard InChI is InChI=1S/C22H19FN2/c1-17-6-5-9-21(12-17)25(15-18-7-3-2-4-8-18)16-20-11-10-19(14-24)13-22(20)23/h2-13H,15-16H2,1H3. The molecule has 25 heavy (non-hydrogen) atoms. The van der Waals surface area contributed by atoms with Crippen molar-refractivity contribution in [3.8, 4) is 6.07 Å². The maximum Gasteiger partial charge on any atom is 0.129 e. The van der Waals surface area contributed by atoms with E-state index in [1.165, 1.54) is 6.07 Å². The summed E-state index contributed by atoms with van der Waals surface area (Å²) >= 11 is 0. The maximum atomic E-state index is 14.4. The van der Waals surface area contributed by atoms with Gasteiger partial charge in [0.2, 0.25) is 0 Å². The van der Waals surface area contributed by atoms with Crippen molar-refractivity contribution >= 4 is 5.69 Å². The molecule has 0 spiro atoms. The van der Waals surface area contributed by atoms with Gasteiger partial charge in [0.25, 0.3) is 0 Å². The molecule has 0 N–H and O–H groups in total. The predicted octanol–water partition coefficient (Wildman–Crippen LogP) is 5.21. The van der Waals surface area contributed by atoms with E-state index in [4.69, 9.17) is 5.26 Å². The molecule has 0 aliphatic carbocycles. The zero-order chi connectivity index (χ0) is 17.6. The van der Waals surface area contributed by atoms with Crippen LogP contribution in [0.4, 0.5) is 10.1 Å². The number of anilines is 1. The quantitative estimate of drug-likeness (QED) is 0.642. The van der Waals surface area contributed by atoms with Gasteiger partial charge < -0.3 is 4.90 Å². The Bertz CT molecular complexity index is 897. The fourth-order valence-electron chi connectivity index (χ4n) is 2.82. The van der Waals surface area contributed by atoms with E-state index in [0.717, 1.165) is 16.8 Å². The highest BCUT2D eigenvalue weighted by Crippen LogP contribution is 2.23. The summed E-state index contributed by atoms with van der Waals surface area (Å²) in [5.41, 5.74) is 4.30. The first-order valence-corrected chi connectivity index (χ1v) is 8.20. The highest BCUT2D eigenvalue weighted by atomic mass is 19.1. The summed E-state index contributed by atoms with van der Waals surface area (Å²) < 4.78 is 14.4. The monoisotopic (exact) mass is 330 g/mol. The Morgan fingerprint density at radius 2 is 1.72 bits per heavy atom. The van der Waals surface area contributed by atoms with Gasteiger partial charge in [-0.25, -0.2) is 4.39 Å². The molecule has 124 valence electrons. The minimum Gasteiger partial charge on any atom is -0.363 e. The first kappa shape index (κ1) is 16.7. The lowest BCUT2D eigenvalue weighted by atomic mass is 10.1. The molecule has 0 bridgehead atoms. The van der Waals surface area contributed by atoms with Gasteiger partial charge >= 0.3 is 0 Å². The number of aryl methyl sites for hydroxylation is 1. The Kier molecular flexibility index (Phi) is 5.11. The zero-order valence-electron chi connectivity index (χ0n) is 14.1. The zero-order valence-corrected chi connectivity index (χ0v) is 14.1. The van der Waals surface area contributed by atoms with Gasteiger partial charge in [-0.3, -0.25) is 0 Å². The summed E-state index contributed by atoms with van der Waals surface area (Å²) in [6, 6.07) is 25.0. The van der Waals surface area contributed by atoms with Crippen molar-refractivity contribution < 1.29 is 4.39 Å². The molecule has 0 heterocycles. The SMILES string of the molecule is Cc1cccc(N(Cc2ccccc2)Cc2ccc(C#N)cc2F)c1. The molecule has 3 rings (SSSR count). The van der Waals surface area contributed by atoms with E-state index < -0.39 is 0 Å². The van der Waals surface area contributed by atoms with Gasteiger partial charge in [-0.2, -0.15) is 5.26 Å². The van der Waals surface area contributed by atoms with Crippen LogP contribution in [0.5, 0.6) is 0 Å². The van der Waals surface area contributed by atoms with E-state index in [-0.39, 0.29) is 5.82 Å². The topological polar surface area (TPSA) is 27.0 Å². The second kappa shape index (κ2) is 7.63. The molecule has 0 saturated heterocycles. The normalized spacial score (nSPS) is 10.3. The van der Waals surface area contributed by atoms with Gasteiger partial charge in [0.05, 0.1) is 11.6 Å². The first-order valence-electron chi connectivity index (χ1n) is 8.20. The molecule has 2 nitrogen and oxygen atoms in total. The summed E-state index contributed by atoms with van der Waals surface area (Å²) in [5.74, 6) is -0.343. The highest BCUT2D eigenvalue weighted by Gasteiger charge is 2.12. The van der Waals surface area contributed by atoms with Crippen LogP contribution in [0.2, 0.25) is 0 Å². The van der Waals surface area contributed by atoms with E-state index >= 15 is 0 Å². The van der Waals surface area contributed by atoms with Gasteiger partial charge in [-0.1, -0.05) is 48.5 Å². The second-order valence-electron chi connectivity index (χ2n) is 6.10. The summed E-state index contributed by atoms with van der Waals surface area (Å²) in [7, 11) is 0. The molecule has 3 aromatic rings. The maximum absolute atomic E-state index is 14.4. The van der Waals surface area contributed by atoms with Crippen LogP contribution in [-0.4, -0.2) is 0 Å². The molecular weight excluding hydrogens is 311 g/mol. The van der Waals surface area contributed by atoms with Gasteiger partial charge in [0, 0.05) is 24.3 Å². The number of hydrogen-bond donors (Lipinski definition) is 0. The fraction of sp³-hybridized carbons (Fsp3) is 0.136. The van der Waals surface area contributed by atoms with Crippen molar-refractivity contribution in [2.75, 3.05) is 4.90 Å². The fourth-order valence-corrected chi connectivity index (χ4v) is 2.82. The molecule has 0 aromatic heterocycles. The van der Waals surface area contributed by atoms with E-state index in [1.54, 1.807) is 12.1 Å². The van der Waals surface area contributed by atoms with E-state index in [0.29, 0.717) is 24.2 Å². The molecule has 0 amide bonds. The Labute approximate surface area is 147 Å². The van der Waals surface area contributed by atoms with Gasteiger partial charge in [-0.15, -0.1) is 0 Å².